The molecule has 0 radical (unpaired) electrons. The second-order valence-electron chi connectivity index (χ2n) is 5.86. The molecule has 0 aromatic heterocycles. The predicted octanol–water partition coefficient (Wildman–Crippen LogP) is 4.23. The van der Waals surface area contributed by atoms with Gasteiger partial charge >= 0.3 is 0 Å². The lowest BCUT2D eigenvalue weighted by Gasteiger charge is -2.44. The van der Waals surface area contributed by atoms with Crippen molar-refractivity contribution in [3.8, 4) is 0 Å². The molecule has 1 spiro atoms. The van der Waals surface area contributed by atoms with Crippen molar-refractivity contribution >= 4 is 0 Å². The number of hydrogen-bond acceptors (Lipinski definition) is 1. The molecule has 0 bridgehead atoms. The molecule has 0 amide bonds. The van der Waals surface area contributed by atoms with E-state index in [1.54, 1.807) is 0 Å². The summed E-state index contributed by atoms with van der Waals surface area (Å²) in [7, 11) is 0. The Bertz CT molecular complexity index is 170. The highest BCUT2D eigenvalue weighted by Gasteiger charge is 2.36. The Hall–Kier alpha value is -0.0400. The van der Waals surface area contributed by atoms with Crippen LogP contribution < -0.4 is 5.32 Å². The Balaban J connectivity index is 0.000000606. The van der Waals surface area contributed by atoms with Gasteiger partial charge in [0.2, 0.25) is 0 Å². The molecular weight excluding hydrogens is 194 g/mol. The van der Waals surface area contributed by atoms with Crippen LogP contribution in [0.2, 0.25) is 0 Å². The second kappa shape index (κ2) is 6.64. The average Bonchev–Trinajstić information content (AvgIpc) is 2.33. The molecule has 16 heavy (non-hydrogen) atoms. The smallest absolute Gasteiger partial charge is 0.000782 e. The summed E-state index contributed by atoms with van der Waals surface area (Å²) in [4.78, 5) is 0. The molecule has 0 aromatic rings. The van der Waals surface area contributed by atoms with Crippen molar-refractivity contribution in [1.29, 1.82) is 0 Å². The lowest BCUT2D eigenvalue weighted by Crippen LogP contribution is -2.42. The van der Waals surface area contributed by atoms with Gasteiger partial charge in [0.05, 0.1) is 0 Å². The highest BCUT2D eigenvalue weighted by molar-refractivity contribution is 4.90. The Morgan fingerprint density at radius 2 is 1.69 bits per heavy atom. The fourth-order valence-corrected chi connectivity index (χ4v) is 3.38. The van der Waals surface area contributed by atoms with Crippen LogP contribution in [0.5, 0.6) is 0 Å². The molecule has 1 aliphatic heterocycles. The average molecular weight is 225 g/mol. The lowest BCUT2D eigenvalue weighted by atomic mass is 9.65. The van der Waals surface area contributed by atoms with Crippen molar-refractivity contribution in [3.05, 3.63) is 0 Å². The number of piperidine rings is 1. The van der Waals surface area contributed by atoms with E-state index >= 15 is 0 Å². The van der Waals surface area contributed by atoms with Gasteiger partial charge in [0.1, 0.15) is 0 Å². The van der Waals surface area contributed by atoms with E-state index in [0.717, 1.165) is 11.8 Å². The van der Waals surface area contributed by atoms with E-state index in [0.29, 0.717) is 5.41 Å². The van der Waals surface area contributed by atoms with E-state index in [9.17, 15) is 0 Å². The van der Waals surface area contributed by atoms with E-state index in [4.69, 9.17) is 0 Å². The molecule has 0 unspecified atom stereocenters. The van der Waals surface area contributed by atoms with E-state index in [1.165, 1.54) is 51.6 Å². The van der Waals surface area contributed by atoms with Gasteiger partial charge in [-0.25, -0.2) is 0 Å². The predicted molar refractivity (Wildman–Crippen MR) is 72.7 cm³/mol. The van der Waals surface area contributed by atoms with Gasteiger partial charge in [0.25, 0.3) is 0 Å². The van der Waals surface area contributed by atoms with Crippen LogP contribution in [0.1, 0.15) is 66.2 Å². The van der Waals surface area contributed by atoms with Gasteiger partial charge in [-0.3, -0.25) is 0 Å². The van der Waals surface area contributed by atoms with Crippen LogP contribution in [0.3, 0.4) is 0 Å². The van der Waals surface area contributed by atoms with Gasteiger partial charge in [-0.15, -0.1) is 0 Å². The summed E-state index contributed by atoms with van der Waals surface area (Å²) in [6.07, 6.45) is 8.85. The Morgan fingerprint density at radius 1 is 1.06 bits per heavy atom. The standard InChI is InChI=1S/C13H25N.C2H6/c1-11(2)12-4-7-13(8-5-12)6-3-9-14-10-13;1-2/h11-12,14H,3-10H2,1-2H3;1-2H3. The lowest BCUT2D eigenvalue weighted by molar-refractivity contribution is 0.0956. The van der Waals surface area contributed by atoms with Crippen molar-refractivity contribution in [2.75, 3.05) is 13.1 Å². The van der Waals surface area contributed by atoms with E-state index in [1.807, 2.05) is 13.8 Å². The van der Waals surface area contributed by atoms with Crippen molar-refractivity contribution in [2.24, 2.45) is 17.3 Å². The van der Waals surface area contributed by atoms with Gasteiger partial charge < -0.3 is 5.32 Å². The van der Waals surface area contributed by atoms with Gasteiger partial charge in [0.15, 0.2) is 0 Å². The summed E-state index contributed by atoms with van der Waals surface area (Å²) < 4.78 is 0. The molecule has 1 heteroatoms. The summed E-state index contributed by atoms with van der Waals surface area (Å²) in [6, 6.07) is 0. The fraction of sp³-hybridized carbons (Fsp3) is 1.00. The summed E-state index contributed by atoms with van der Waals surface area (Å²) in [5.41, 5.74) is 0.712. The molecule has 1 N–H and O–H groups in total. The number of rotatable bonds is 1. The van der Waals surface area contributed by atoms with Crippen LogP contribution in [0.25, 0.3) is 0 Å². The largest absolute Gasteiger partial charge is 0.316 e. The van der Waals surface area contributed by atoms with Crippen molar-refractivity contribution in [2.45, 2.75) is 66.2 Å². The van der Waals surface area contributed by atoms with Crippen molar-refractivity contribution < 1.29 is 0 Å². The molecule has 0 atom stereocenters. The number of hydrogen-bond donors (Lipinski definition) is 1. The third kappa shape index (κ3) is 3.48. The van der Waals surface area contributed by atoms with E-state index in [-0.39, 0.29) is 0 Å². The van der Waals surface area contributed by atoms with Crippen LogP contribution in [0.4, 0.5) is 0 Å². The zero-order chi connectivity index (χ0) is 12.0. The molecule has 96 valence electrons. The monoisotopic (exact) mass is 225 g/mol. The SMILES string of the molecule is CC.CC(C)C1CCC2(CCCNC2)CC1. The summed E-state index contributed by atoms with van der Waals surface area (Å²) in [5, 5.41) is 3.59. The molecule has 1 saturated carbocycles. The molecule has 1 nitrogen and oxygen atoms in total. The minimum atomic E-state index is 0.712. The van der Waals surface area contributed by atoms with Crippen LogP contribution in [0, 0.1) is 17.3 Å². The Morgan fingerprint density at radius 3 is 2.12 bits per heavy atom. The molecule has 2 aliphatic rings. The zero-order valence-electron chi connectivity index (χ0n) is 11.8. The quantitative estimate of drug-likeness (QED) is 0.704. The molecule has 1 aliphatic carbocycles. The summed E-state index contributed by atoms with van der Waals surface area (Å²) >= 11 is 0. The first kappa shape index (κ1) is 14.0. The summed E-state index contributed by atoms with van der Waals surface area (Å²) in [5.74, 6) is 1.92. The third-order valence-corrected chi connectivity index (χ3v) is 4.59. The van der Waals surface area contributed by atoms with Crippen LogP contribution in [-0.2, 0) is 0 Å². The molecule has 0 aromatic carbocycles. The van der Waals surface area contributed by atoms with Crippen molar-refractivity contribution in [3.63, 3.8) is 0 Å². The first-order valence-electron chi connectivity index (χ1n) is 7.43. The summed E-state index contributed by atoms with van der Waals surface area (Å²) in [6.45, 7) is 11.3. The molecule has 2 fully saturated rings. The first-order valence-corrected chi connectivity index (χ1v) is 7.43. The highest BCUT2D eigenvalue weighted by atomic mass is 14.9. The third-order valence-electron chi connectivity index (χ3n) is 4.59. The Labute approximate surface area is 102 Å². The van der Waals surface area contributed by atoms with Gasteiger partial charge in [0, 0.05) is 6.54 Å². The minimum Gasteiger partial charge on any atom is -0.316 e. The first-order chi connectivity index (χ1) is 7.72. The maximum absolute atomic E-state index is 3.59. The minimum absolute atomic E-state index is 0.712. The maximum atomic E-state index is 3.59. The van der Waals surface area contributed by atoms with Gasteiger partial charge in [-0.1, -0.05) is 27.7 Å². The van der Waals surface area contributed by atoms with Crippen LogP contribution in [0.15, 0.2) is 0 Å². The normalized spacial score (nSPS) is 34.7. The molecular formula is C15H31N. The van der Waals surface area contributed by atoms with Crippen LogP contribution in [-0.4, -0.2) is 13.1 Å². The zero-order valence-corrected chi connectivity index (χ0v) is 11.8. The van der Waals surface area contributed by atoms with E-state index in [2.05, 4.69) is 19.2 Å². The van der Waals surface area contributed by atoms with Gasteiger partial charge in [-0.2, -0.15) is 0 Å². The second-order valence-corrected chi connectivity index (χ2v) is 5.86. The maximum Gasteiger partial charge on any atom is 0.000782 e. The molecule has 2 rings (SSSR count). The number of nitrogens with one attached hydrogen (secondary N) is 1. The van der Waals surface area contributed by atoms with E-state index < -0.39 is 0 Å². The Kier molecular flexibility index (Phi) is 5.82. The highest BCUT2D eigenvalue weighted by Crippen LogP contribution is 2.44. The fourth-order valence-electron chi connectivity index (χ4n) is 3.38. The van der Waals surface area contributed by atoms with Crippen molar-refractivity contribution in [1.82, 2.24) is 5.32 Å². The molecule has 1 saturated heterocycles. The van der Waals surface area contributed by atoms with Gasteiger partial charge in [-0.05, 0) is 62.3 Å². The topological polar surface area (TPSA) is 12.0 Å². The molecule has 1 heterocycles. The van der Waals surface area contributed by atoms with Crippen LogP contribution >= 0.6 is 0 Å².